The fourth-order valence-electron chi connectivity index (χ4n) is 5.46. The van der Waals surface area contributed by atoms with E-state index in [0.29, 0.717) is 44.8 Å². The van der Waals surface area contributed by atoms with Gasteiger partial charge in [0.25, 0.3) is 0 Å². The number of dihydropyridines is 1. The molecule has 1 atom stereocenters. The van der Waals surface area contributed by atoms with E-state index in [-0.39, 0.29) is 6.61 Å². The minimum atomic E-state index is -0.594. The largest absolute Gasteiger partial charge is 0.495 e. The molecule has 0 bridgehead atoms. The van der Waals surface area contributed by atoms with Crippen LogP contribution in [-0.2, 0) is 16.6 Å². The number of benzene rings is 2. The summed E-state index contributed by atoms with van der Waals surface area (Å²) in [5, 5.41) is 16.7. The number of ether oxygens (including phenoxy) is 2. The summed E-state index contributed by atoms with van der Waals surface area (Å²) in [6.07, 6.45) is 0. The second kappa shape index (κ2) is 12.5. The highest BCUT2D eigenvalue weighted by atomic mass is 35.5. The number of halogens is 2. The highest BCUT2D eigenvalue weighted by molar-refractivity contribution is 6.42. The molecule has 2 aromatic carbocycles. The molecule has 216 valence electrons. The van der Waals surface area contributed by atoms with E-state index in [1.54, 1.807) is 20.2 Å². The molecular weight excluding hydrogens is 565 g/mol. The number of hydrogen-bond donors (Lipinski definition) is 1. The molecule has 12 heteroatoms. The summed E-state index contributed by atoms with van der Waals surface area (Å²) < 4.78 is 11.4. The van der Waals surface area contributed by atoms with E-state index in [9.17, 15) is 4.79 Å². The molecule has 0 spiro atoms. The van der Waals surface area contributed by atoms with Crippen molar-refractivity contribution in [2.24, 2.45) is 7.05 Å². The number of piperazine rings is 1. The maximum absolute atomic E-state index is 13.7. The van der Waals surface area contributed by atoms with Gasteiger partial charge in [0.15, 0.2) is 0 Å². The zero-order valence-corrected chi connectivity index (χ0v) is 25.0. The number of aryl methyl sites for hydroxylation is 1. The molecule has 1 saturated heterocycles. The third kappa shape index (κ3) is 6.05. The molecule has 1 unspecified atom stereocenters. The van der Waals surface area contributed by atoms with Crippen molar-refractivity contribution in [2.75, 3.05) is 51.3 Å². The normalized spacial score (nSPS) is 18.0. The van der Waals surface area contributed by atoms with E-state index in [4.69, 9.17) is 32.7 Å². The van der Waals surface area contributed by atoms with E-state index < -0.39 is 11.9 Å². The maximum Gasteiger partial charge on any atom is 0.336 e. The number of allylic oxidation sites excluding steroid dienone is 3. The fraction of sp³-hybridized carbons (Fsp3) is 0.379. The summed E-state index contributed by atoms with van der Waals surface area (Å²) in [6, 6.07) is 13.4. The van der Waals surface area contributed by atoms with Crippen molar-refractivity contribution in [2.45, 2.75) is 19.8 Å². The van der Waals surface area contributed by atoms with Crippen LogP contribution in [0.2, 0.25) is 10.0 Å². The van der Waals surface area contributed by atoms with Crippen molar-refractivity contribution in [1.29, 1.82) is 0 Å². The van der Waals surface area contributed by atoms with Crippen LogP contribution < -0.4 is 15.0 Å². The minimum absolute atomic E-state index is 0.252. The van der Waals surface area contributed by atoms with Gasteiger partial charge in [0.2, 0.25) is 5.82 Å². The summed E-state index contributed by atoms with van der Waals surface area (Å²) in [5.41, 5.74) is 4.35. The van der Waals surface area contributed by atoms with Crippen molar-refractivity contribution in [3.63, 3.8) is 0 Å². The molecule has 1 aromatic heterocycles. The van der Waals surface area contributed by atoms with Gasteiger partial charge in [-0.25, -0.2) is 4.79 Å². The maximum atomic E-state index is 13.7. The van der Waals surface area contributed by atoms with Gasteiger partial charge in [0, 0.05) is 55.6 Å². The molecular formula is C29H33Cl2N7O3. The second-order valence-electron chi connectivity index (χ2n) is 10.0. The SMILES string of the molecule is COc1ccccc1N1CCN(CCOC(=O)C2=C(C)NC(C)=C(c3nnn(C)n3)C2c2cccc(Cl)c2Cl)CC1. The Labute approximate surface area is 249 Å². The van der Waals surface area contributed by atoms with E-state index in [0.717, 1.165) is 43.3 Å². The third-order valence-corrected chi connectivity index (χ3v) is 8.29. The number of anilines is 1. The lowest BCUT2D eigenvalue weighted by atomic mass is 9.80. The molecule has 0 aliphatic carbocycles. The van der Waals surface area contributed by atoms with Crippen molar-refractivity contribution in [3.8, 4) is 5.75 Å². The molecule has 1 N–H and O–H groups in total. The van der Waals surface area contributed by atoms with Crippen LogP contribution in [0.15, 0.2) is 59.4 Å². The lowest BCUT2D eigenvalue weighted by molar-refractivity contribution is -0.139. The van der Waals surface area contributed by atoms with Gasteiger partial charge < -0.3 is 19.7 Å². The number of carbonyl (C=O) groups is 1. The first-order valence-electron chi connectivity index (χ1n) is 13.4. The molecule has 0 radical (unpaired) electrons. The Balaban J connectivity index is 1.30. The number of esters is 1. The quantitative estimate of drug-likeness (QED) is 0.381. The number of aromatic nitrogens is 4. The Morgan fingerprint density at radius 2 is 1.80 bits per heavy atom. The van der Waals surface area contributed by atoms with Crippen molar-refractivity contribution in [1.82, 2.24) is 30.4 Å². The Kier molecular flexibility index (Phi) is 8.82. The number of methoxy groups -OCH3 is 1. The highest BCUT2D eigenvalue weighted by Gasteiger charge is 2.38. The summed E-state index contributed by atoms with van der Waals surface area (Å²) in [5.74, 6) is 0.236. The van der Waals surface area contributed by atoms with Crippen LogP contribution in [0.3, 0.4) is 0 Å². The molecule has 5 rings (SSSR count). The predicted octanol–water partition coefficient (Wildman–Crippen LogP) is 4.28. The molecule has 2 aliphatic rings. The summed E-state index contributed by atoms with van der Waals surface area (Å²) >= 11 is 13.1. The summed E-state index contributed by atoms with van der Waals surface area (Å²) in [7, 11) is 3.38. The number of nitrogens with one attached hydrogen (secondary N) is 1. The summed E-state index contributed by atoms with van der Waals surface area (Å²) in [4.78, 5) is 19.7. The van der Waals surface area contributed by atoms with Gasteiger partial charge in [-0.3, -0.25) is 4.90 Å². The molecule has 10 nitrogen and oxygen atoms in total. The highest BCUT2D eigenvalue weighted by Crippen LogP contribution is 2.46. The standard InChI is InChI=1S/C29H33Cl2N7O3/c1-18-24(28-33-35-36(3)34-28)26(20-8-7-9-21(30)27(20)31)25(19(2)32-18)29(39)41-17-16-37-12-14-38(15-13-37)22-10-5-6-11-23(22)40-4/h5-11,26,32H,12-17H2,1-4H3. The molecule has 0 amide bonds. The number of hydrogen-bond acceptors (Lipinski definition) is 9. The average Bonchev–Trinajstić information content (AvgIpc) is 3.40. The molecule has 41 heavy (non-hydrogen) atoms. The monoisotopic (exact) mass is 597 g/mol. The van der Waals surface area contributed by atoms with Crippen LogP contribution in [0, 0.1) is 0 Å². The Hall–Kier alpha value is -3.60. The van der Waals surface area contributed by atoms with Crippen LogP contribution in [-0.4, -0.2) is 77.5 Å². The van der Waals surface area contributed by atoms with E-state index in [1.165, 1.54) is 4.80 Å². The smallest absolute Gasteiger partial charge is 0.336 e. The molecule has 2 aliphatic heterocycles. The van der Waals surface area contributed by atoms with Crippen molar-refractivity contribution >= 4 is 40.4 Å². The van der Waals surface area contributed by atoms with E-state index in [1.807, 2.05) is 44.2 Å². The number of carbonyl (C=O) groups excluding carboxylic acids is 1. The fourth-order valence-corrected chi connectivity index (χ4v) is 5.87. The number of rotatable bonds is 8. The van der Waals surface area contributed by atoms with Gasteiger partial charge >= 0.3 is 5.97 Å². The second-order valence-corrected chi connectivity index (χ2v) is 10.8. The van der Waals surface area contributed by atoms with Crippen LogP contribution in [0.1, 0.15) is 31.2 Å². The van der Waals surface area contributed by atoms with Crippen LogP contribution >= 0.6 is 23.2 Å². The first kappa shape index (κ1) is 28.9. The van der Waals surface area contributed by atoms with Gasteiger partial charge in [-0.15, -0.1) is 10.2 Å². The van der Waals surface area contributed by atoms with E-state index >= 15 is 0 Å². The van der Waals surface area contributed by atoms with Gasteiger partial charge in [0.1, 0.15) is 12.4 Å². The van der Waals surface area contributed by atoms with E-state index in [2.05, 4.69) is 36.6 Å². The zero-order valence-electron chi connectivity index (χ0n) is 23.5. The number of tetrazole rings is 1. The Morgan fingerprint density at radius 3 is 2.51 bits per heavy atom. The van der Waals surface area contributed by atoms with Gasteiger partial charge in [0.05, 0.1) is 35.5 Å². The Morgan fingerprint density at radius 1 is 1.05 bits per heavy atom. The number of nitrogens with zero attached hydrogens (tertiary/aromatic N) is 6. The van der Waals surface area contributed by atoms with Gasteiger partial charge in [-0.2, -0.15) is 4.80 Å². The first-order valence-corrected chi connectivity index (χ1v) is 14.2. The molecule has 3 heterocycles. The van der Waals surface area contributed by atoms with Crippen LogP contribution in [0.5, 0.6) is 5.75 Å². The lowest BCUT2D eigenvalue weighted by Gasteiger charge is -2.36. The molecule has 0 saturated carbocycles. The van der Waals surface area contributed by atoms with Gasteiger partial charge in [-0.05, 0) is 42.8 Å². The Bertz CT molecular complexity index is 1500. The zero-order chi connectivity index (χ0) is 29.1. The first-order chi connectivity index (χ1) is 19.8. The lowest BCUT2D eigenvalue weighted by Crippen LogP contribution is -2.47. The average molecular weight is 599 g/mol. The summed E-state index contributed by atoms with van der Waals surface area (Å²) in [6.45, 7) is 8.06. The van der Waals surface area contributed by atoms with Crippen molar-refractivity contribution < 1.29 is 14.3 Å². The van der Waals surface area contributed by atoms with Crippen molar-refractivity contribution in [3.05, 3.63) is 80.9 Å². The minimum Gasteiger partial charge on any atom is -0.495 e. The third-order valence-electron chi connectivity index (χ3n) is 7.46. The van der Waals surface area contributed by atoms with Crippen LogP contribution in [0.25, 0.3) is 5.57 Å². The molecule has 1 fully saturated rings. The number of para-hydroxylation sites is 2. The van der Waals surface area contributed by atoms with Crippen LogP contribution in [0.4, 0.5) is 5.69 Å². The topological polar surface area (TPSA) is 97.6 Å². The van der Waals surface area contributed by atoms with Gasteiger partial charge in [-0.1, -0.05) is 47.5 Å². The predicted molar refractivity (Wildman–Crippen MR) is 159 cm³/mol. The molecule has 3 aromatic rings.